The zero-order chi connectivity index (χ0) is 23.3. The molecule has 1 saturated heterocycles. The van der Waals surface area contributed by atoms with Crippen LogP contribution in [0.15, 0.2) is 42.5 Å². The van der Waals surface area contributed by atoms with E-state index < -0.39 is 15.9 Å². The first kappa shape index (κ1) is 23.4. The second kappa shape index (κ2) is 9.90. The molecule has 2 amide bonds. The molecule has 9 nitrogen and oxygen atoms in total. The van der Waals surface area contributed by atoms with Gasteiger partial charge in [-0.15, -0.1) is 0 Å². The maximum absolute atomic E-state index is 12.7. The van der Waals surface area contributed by atoms with E-state index in [2.05, 4.69) is 10.0 Å². The molecule has 1 unspecified atom stereocenters. The molecule has 2 aromatic carbocycles. The van der Waals surface area contributed by atoms with E-state index >= 15 is 0 Å². The molecule has 1 fully saturated rings. The van der Waals surface area contributed by atoms with E-state index in [1.807, 2.05) is 0 Å². The number of sulfonamides is 1. The van der Waals surface area contributed by atoms with E-state index in [0.717, 1.165) is 0 Å². The number of hydrogen-bond donors (Lipinski definition) is 2. The normalized spacial score (nSPS) is 16.0. The molecule has 1 atom stereocenters. The Morgan fingerprint density at radius 3 is 2.34 bits per heavy atom. The number of methoxy groups -OCH3 is 2. The van der Waals surface area contributed by atoms with Gasteiger partial charge < -0.3 is 19.7 Å². The standard InChI is InChI=1S/C22H27N3O6S/c1-4-11-32(28,29)24-17-7-5-16(6-8-17)23-22(27)15-12-21(26)25(14-15)18-9-10-19(30-2)20(13-18)31-3/h5-10,13,15,24H,4,11-12,14H2,1-3H3,(H,23,27). The first-order valence-corrected chi connectivity index (χ1v) is 11.9. The van der Waals surface area contributed by atoms with Crippen molar-refractivity contribution in [2.75, 3.05) is 41.5 Å². The highest BCUT2D eigenvalue weighted by Gasteiger charge is 2.35. The van der Waals surface area contributed by atoms with E-state index in [4.69, 9.17) is 9.47 Å². The van der Waals surface area contributed by atoms with Crippen LogP contribution in [0.3, 0.4) is 0 Å². The summed E-state index contributed by atoms with van der Waals surface area (Å²) >= 11 is 0. The van der Waals surface area contributed by atoms with Gasteiger partial charge in [0.05, 0.1) is 25.9 Å². The molecule has 1 aliphatic rings. The first-order chi connectivity index (χ1) is 15.3. The van der Waals surface area contributed by atoms with Crippen molar-refractivity contribution < 1.29 is 27.5 Å². The van der Waals surface area contributed by atoms with E-state index in [1.165, 1.54) is 14.2 Å². The van der Waals surface area contributed by atoms with Crippen LogP contribution in [0.5, 0.6) is 11.5 Å². The molecule has 172 valence electrons. The lowest BCUT2D eigenvalue weighted by atomic mass is 10.1. The summed E-state index contributed by atoms with van der Waals surface area (Å²) in [6.45, 7) is 2.03. The van der Waals surface area contributed by atoms with Gasteiger partial charge in [-0.3, -0.25) is 14.3 Å². The van der Waals surface area contributed by atoms with Gasteiger partial charge in [0.15, 0.2) is 11.5 Å². The summed E-state index contributed by atoms with van der Waals surface area (Å²) in [5.41, 5.74) is 1.57. The van der Waals surface area contributed by atoms with Crippen molar-refractivity contribution in [3.8, 4) is 11.5 Å². The lowest BCUT2D eigenvalue weighted by Crippen LogP contribution is -2.28. The monoisotopic (exact) mass is 461 g/mol. The molecule has 0 aromatic heterocycles. The molecule has 0 aliphatic carbocycles. The molecule has 2 N–H and O–H groups in total. The highest BCUT2D eigenvalue weighted by molar-refractivity contribution is 7.92. The van der Waals surface area contributed by atoms with Gasteiger partial charge in [0.1, 0.15) is 0 Å². The Morgan fingerprint density at radius 2 is 1.72 bits per heavy atom. The fourth-order valence-corrected chi connectivity index (χ4v) is 4.63. The van der Waals surface area contributed by atoms with E-state index in [-0.39, 0.29) is 30.5 Å². The van der Waals surface area contributed by atoms with E-state index in [1.54, 1.807) is 54.3 Å². The molecule has 2 aromatic rings. The number of ether oxygens (including phenoxy) is 2. The van der Waals surface area contributed by atoms with Crippen molar-refractivity contribution in [2.45, 2.75) is 19.8 Å². The Hall–Kier alpha value is -3.27. The minimum absolute atomic E-state index is 0.0395. The summed E-state index contributed by atoms with van der Waals surface area (Å²) in [4.78, 5) is 26.8. The average Bonchev–Trinajstić information content (AvgIpc) is 3.16. The maximum Gasteiger partial charge on any atom is 0.232 e. The Kier molecular flexibility index (Phi) is 7.24. The molecule has 0 spiro atoms. The van der Waals surface area contributed by atoms with Crippen molar-refractivity contribution in [1.82, 2.24) is 0 Å². The van der Waals surface area contributed by atoms with Crippen LogP contribution in [0.2, 0.25) is 0 Å². The maximum atomic E-state index is 12.7. The van der Waals surface area contributed by atoms with Gasteiger partial charge in [0, 0.05) is 36.1 Å². The summed E-state index contributed by atoms with van der Waals surface area (Å²) in [5.74, 6) is 0.146. The van der Waals surface area contributed by atoms with Crippen molar-refractivity contribution in [1.29, 1.82) is 0 Å². The second-order valence-corrected chi connectivity index (χ2v) is 9.27. The number of amides is 2. The summed E-state index contributed by atoms with van der Waals surface area (Å²) in [5, 5.41) is 2.79. The largest absolute Gasteiger partial charge is 0.493 e. The topological polar surface area (TPSA) is 114 Å². The zero-order valence-corrected chi connectivity index (χ0v) is 19.1. The number of rotatable bonds is 9. The fraction of sp³-hybridized carbons (Fsp3) is 0.364. The number of nitrogens with zero attached hydrogens (tertiary/aromatic N) is 1. The number of carbonyl (C=O) groups is 2. The molecule has 3 rings (SSSR count). The lowest BCUT2D eigenvalue weighted by molar-refractivity contribution is -0.122. The van der Waals surface area contributed by atoms with Gasteiger partial charge in [-0.05, 0) is 42.8 Å². The number of hydrogen-bond acceptors (Lipinski definition) is 6. The fourth-order valence-electron chi connectivity index (χ4n) is 3.49. The number of carbonyl (C=O) groups excluding carboxylic acids is 2. The third-order valence-electron chi connectivity index (χ3n) is 5.07. The molecule has 0 bridgehead atoms. The summed E-state index contributed by atoms with van der Waals surface area (Å²) in [7, 11) is -0.328. The van der Waals surface area contributed by atoms with E-state index in [9.17, 15) is 18.0 Å². The highest BCUT2D eigenvalue weighted by Crippen LogP contribution is 2.34. The van der Waals surface area contributed by atoms with Gasteiger partial charge in [-0.1, -0.05) is 6.92 Å². The minimum atomic E-state index is -3.38. The van der Waals surface area contributed by atoms with Crippen molar-refractivity contribution in [2.24, 2.45) is 5.92 Å². The van der Waals surface area contributed by atoms with Gasteiger partial charge in [-0.25, -0.2) is 8.42 Å². The van der Waals surface area contributed by atoms with Crippen molar-refractivity contribution in [3.05, 3.63) is 42.5 Å². The minimum Gasteiger partial charge on any atom is -0.493 e. The molecule has 32 heavy (non-hydrogen) atoms. The van der Waals surface area contributed by atoms with Crippen LogP contribution in [-0.4, -0.2) is 46.7 Å². The highest BCUT2D eigenvalue weighted by atomic mass is 32.2. The Morgan fingerprint density at radius 1 is 1.06 bits per heavy atom. The average molecular weight is 462 g/mol. The summed E-state index contributed by atoms with van der Waals surface area (Å²) < 4.78 is 36.7. The third-order valence-corrected chi connectivity index (χ3v) is 6.57. The number of nitrogens with one attached hydrogen (secondary N) is 2. The molecule has 0 saturated carbocycles. The van der Waals surface area contributed by atoms with Crippen molar-refractivity contribution >= 4 is 38.9 Å². The number of benzene rings is 2. The van der Waals surface area contributed by atoms with Gasteiger partial charge in [0.25, 0.3) is 0 Å². The predicted molar refractivity (Wildman–Crippen MR) is 123 cm³/mol. The Balaban J connectivity index is 1.64. The van der Waals surface area contributed by atoms with Crippen LogP contribution in [0.4, 0.5) is 17.1 Å². The quantitative estimate of drug-likeness (QED) is 0.594. The predicted octanol–water partition coefficient (Wildman–Crippen LogP) is 2.85. The summed E-state index contributed by atoms with van der Waals surface area (Å²) in [6.07, 6.45) is 0.610. The molecule has 1 aliphatic heterocycles. The molecular weight excluding hydrogens is 434 g/mol. The second-order valence-electron chi connectivity index (χ2n) is 7.43. The van der Waals surface area contributed by atoms with Crippen LogP contribution in [-0.2, 0) is 19.6 Å². The van der Waals surface area contributed by atoms with Crippen molar-refractivity contribution in [3.63, 3.8) is 0 Å². The van der Waals surface area contributed by atoms with Crippen LogP contribution in [0.25, 0.3) is 0 Å². The third kappa shape index (κ3) is 5.50. The Labute approximate surface area is 187 Å². The summed E-state index contributed by atoms with van der Waals surface area (Å²) in [6, 6.07) is 11.6. The smallest absolute Gasteiger partial charge is 0.232 e. The van der Waals surface area contributed by atoms with Gasteiger partial charge in [0.2, 0.25) is 21.8 Å². The number of anilines is 3. The van der Waals surface area contributed by atoms with Crippen LogP contribution < -0.4 is 24.4 Å². The van der Waals surface area contributed by atoms with Gasteiger partial charge >= 0.3 is 0 Å². The van der Waals surface area contributed by atoms with Crippen LogP contribution in [0.1, 0.15) is 19.8 Å². The lowest BCUT2D eigenvalue weighted by Gasteiger charge is -2.18. The molecular formula is C22H27N3O6S. The zero-order valence-electron chi connectivity index (χ0n) is 18.3. The Bertz CT molecular complexity index is 1090. The van der Waals surface area contributed by atoms with Crippen LogP contribution >= 0.6 is 0 Å². The molecule has 0 radical (unpaired) electrons. The molecule has 1 heterocycles. The first-order valence-electron chi connectivity index (χ1n) is 10.2. The van der Waals surface area contributed by atoms with Crippen LogP contribution in [0, 0.1) is 5.92 Å². The molecule has 10 heteroatoms. The van der Waals surface area contributed by atoms with E-state index in [0.29, 0.717) is 35.0 Å². The SMILES string of the molecule is CCCS(=O)(=O)Nc1ccc(NC(=O)C2CC(=O)N(c3ccc(OC)c(OC)c3)C2)cc1. The van der Waals surface area contributed by atoms with Gasteiger partial charge in [-0.2, -0.15) is 0 Å².